The van der Waals surface area contributed by atoms with E-state index in [0.29, 0.717) is 11.4 Å². The summed E-state index contributed by atoms with van der Waals surface area (Å²) >= 11 is 0. The van der Waals surface area contributed by atoms with Gasteiger partial charge in [-0.05, 0) is 36.2 Å². The molecule has 0 bridgehead atoms. The highest BCUT2D eigenvalue weighted by molar-refractivity contribution is 7.92. The van der Waals surface area contributed by atoms with Crippen LogP contribution in [0.15, 0.2) is 45.9 Å². The molecule has 1 heterocycles. The monoisotopic (exact) mass is 280 g/mol. The fourth-order valence-corrected chi connectivity index (χ4v) is 2.67. The molecular formula is C13H16N2O3S. The molecule has 0 aliphatic heterocycles. The number of hydrogen-bond donors (Lipinski definition) is 2. The fraction of sp³-hybridized carbons (Fsp3) is 0.231. The number of aryl methyl sites for hydroxylation is 1. The summed E-state index contributed by atoms with van der Waals surface area (Å²) in [6.07, 6.45) is 0.841. The average Bonchev–Trinajstić information content (AvgIpc) is 2.88. The lowest BCUT2D eigenvalue weighted by molar-refractivity contribution is 0.417. The number of furan rings is 1. The largest absolute Gasteiger partial charge is 0.446 e. The molecule has 5 nitrogen and oxygen atoms in total. The van der Waals surface area contributed by atoms with Crippen molar-refractivity contribution in [2.24, 2.45) is 5.73 Å². The first-order chi connectivity index (χ1) is 9.05. The van der Waals surface area contributed by atoms with Crippen molar-refractivity contribution in [1.82, 2.24) is 0 Å². The Kier molecular flexibility index (Phi) is 3.92. The molecule has 6 heteroatoms. The van der Waals surface area contributed by atoms with Gasteiger partial charge in [-0.2, -0.15) is 8.42 Å². The fourth-order valence-electron chi connectivity index (χ4n) is 1.67. The van der Waals surface area contributed by atoms with Gasteiger partial charge in [0.1, 0.15) is 5.76 Å². The molecule has 0 unspecified atom stereocenters. The van der Waals surface area contributed by atoms with Crippen LogP contribution in [0.4, 0.5) is 5.69 Å². The van der Waals surface area contributed by atoms with E-state index >= 15 is 0 Å². The summed E-state index contributed by atoms with van der Waals surface area (Å²) in [5, 5.41) is -0.130. The highest BCUT2D eigenvalue weighted by atomic mass is 32.2. The molecule has 19 heavy (non-hydrogen) atoms. The number of rotatable bonds is 5. The van der Waals surface area contributed by atoms with Gasteiger partial charge in [-0.1, -0.05) is 19.1 Å². The second kappa shape index (κ2) is 5.46. The van der Waals surface area contributed by atoms with E-state index in [2.05, 4.69) is 4.72 Å². The lowest BCUT2D eigenvalue weighted by Gasteiger charge is -2.07. The smallest absolute Gasteiger partial charge is 0.295 e. The standard InChI is InChI=1S/C13H16N2O3S/c1-2-10-4-3-5-11(8-10)15-19(16,17)13-7-6-12(9-14)18-13/h3-8,15H,2,9,14H2,1H3. The van der Waals surface area contributed by atoms with Crippen molar-refractivity contribution in [2.75, 3.05) is 4.72 Å². The zero-order valence-electron chi connectivity index (χ0n) is 10.6. The van der Waals surface area contributed by atoms with Crippen LogP contribution < -0.4 is 10.5 Å². The maximum absolute atomic E-state index is 12.1. The molecule has 0 radical (unpaired) electrons. The van der Waals surface area contributed by atoms with Crippen LogP contribution in [0.25, 0.3) is 0 Å². The Balaban J connectivity index is 2.25. The molecule has 0 aliphatic rings. The van der Waals surface area contributed by atoms with Gasteiger partial charge in [0.15, 0.2) is 0 Å². The Hall–Kier alpha value is -1.79. The maximum atomic E-state index is 12.1. The van der Waals surface area contributed by atoms with Crippen molar-refractivity contribution < 1.29 is 12.8 Å². The normalized spacial score (nSPS) is 11.5. The van der Waals surface area contributed by atoms with E-state index in [-0.39, 0.29) is 11.6 Å². The summed E-state index contributed by atoms with van der Waals surface area (Å²) in [6.45, 7) is 2.18. The zero-order chi connectivity index (χ0) is 13.9. The summed E-state index contributed by atoms with van der Waals surface area (Å²) in [7, 11) is -3.70. The summed E-state index contributed by atoms with van der Waals surface area (Å²) in [5.41, 5.74) is 6.96. The van der Waals surface area contributed by atoms with Gasteiger partial charge < -0.3 is 10.2 Å². The first kappa shape index (κ1) is 13.6. The summed E-state index contributed by atoms with van der Waals surface area (Å²) in [4.78, 5) is 0. The van der Waals surface area contributed by atoms with E-state index in [9.17, 15) is 8.42 Å². The van der Waals surface area contributed by atoms with Gasteiger partial charge in [-0.25, -0.2) is 0 Å². The van der Waals surface area contributed by atoms with Crippen LogP contribution in [-0.4, -0.2) is 8.42 Å². The Morgan fingerprint density at radius 1 is 1.26 bits per heavy atom. The molecule has 0 fully saturated rings. The number of anilines is 1. The van der Waals surface area contributed by atoms with Crippen molar-refractivity contribution in [1.29, 1.82) is 0 Å². The Bertz CT molecular complexity index is 662. The second-order valence-electron chi connectivity index (χ2n) is 4.08. The molecule has 0 spiro atoms. The minimum atomic E-state index is -3.70. The Morgan fingerprint density at radius 2 is 2.05 bits per heavy atom. The molecule has 1 aromatic carbocycles. The van der Waals surface area contributed by atoms with Crippen LogP contribution in [-0.2, 0) is 23.0 Å². The minimum Gasteiger partial charge on any atom is -0.446 e. The zero-order valence-corrected chi connectivity index (χ0v) is 11.4. The van der Waals surface area contributed by atoms with Crippen LogP contribution in [0, 0.1) is 0 Å². The molecule has 2 rings (SSSR count). The van der Waals surface area contributed by atoms with Crippen LogP contribution in [0.2, 0.25) is 0 Å². The van der Waals surface area contributed by atoms with Crippen LogP contribution in [0.3, 0.4) is 0 Å². The van der Waals surface area contributed by atoms with Crippen molar-refractivity contribution in [3.63, 3.8) is 0 Å². The third-order valence-electron chi connectivity index (χ3n) is 2.69. The van der Waals surface area contributed by atoms with E-state index in [4.69, 9.17) is 10.2 Å². The molecule has 0 saturated carbocycles. The molecule has 3 N–H and O–H groups in total. The molecule has 102 valence electrons. The SMILES string of the molecule is CCc1cccc(NS(=O)(=O)c2ccc(CN)o2)c1. The van der Waals surface area contributed by atoms with Gasteiger partial charge in [0.05, 0.1) is 6.54 Å². The van der Waals surface area contributed by atoms with Crippen molar-refractivity contribution in [3.8, 4) is 0 Å². The molecule has 2 aromatic rings. The number of nitrogens with two attached hydrogens (primary N) is 1. The van der Waals surface area contributed by atoms with Gasteiger partial charge >= 0.3 is 0 Å². The molecule has 0 aliphatic carbocycles. The third-order valence-corrected chi connectivity index (χ3v) is 3.94. The van der Waals surface area contributed by atoms with Crippen LogP contribution in [0.5, 0.6) is 0 Å². The predicted octanol–water partition coefficient (Wildman–Crippen LogP) is 2.10. The molecule has 0 atom stereocenters. The Labute approximate surface area is 112 Å². The van der Waals surface area contributed by atoms with Crippen molar-refractivity contribution >= 4 is 15.7 Å². The molecule has 0 saturated heterocycles. The van der Waals surface area contributed by atoms with Gasteiger partial charge in [0.25, 0.3) is 10.0 Å². The number of sulfonamides is 1. The van der Waals surface area contributed by atoms with Crippen LogP contribution >= 0.6 is 0 Å². The average molecular weight is 280 g/mol. The molecule has 0 amide bonds. The topological polar surface area (TPSA) is 85.3 Å². The number of nitrogens with one attached hydrogen (secondary N) is 1. The van der Waals surface area contributed by atoms with Gasteiger partial charge in [-0.15, -0.1) is 0 Å². The quantitative estimate of drug-likeness (QED) is 0.878. The van der Waals surface area contributed by atoms with Gasteiger partial charge in [-0.3, -0.25) is 4.72 Å². The van der Waals surface area contributed by atoms with Crippen LogP contribution in [0.1, 0.15) is 18.2 Å². The Morgan fingerprint density at radius 3 is 2.68 bits per heavy atom. The number of benzene rings is 1. The number of hydrogen-bond acceptors (Lipinski definition) is 4. The first-order valence-corrected chi connectivity index (χ1v) is 7.44. The first-order valence-electron chi connectivity index (χ1n) is 5.95. The summed E-state index contributed by atoms with van der Waals surface area (Å²) in [6, 6.07) is 10.2. The summed E-state index contributed by atoms with van der Waals surface area (Å²) in [5.74, 6) is 0.433. The second-order valence-corrected chi connectivity index (χ2v) is 5.70. The van der Waals surface area contributed by atoms with E-state index in [0.717, 1.165) is 12.0 Å². The van der Waals surface area contributed by atoms with Gasteiger partial charge in [0.2, 0.25) is 5.09 Å². The van der Waals surface area contributed by atoms with Gasteiger partial charge in [0, 0.05) is 5.69 Å². The van der Waals surface area contributed by atoms with E-state index < -0.39 is 10.0 Å². The lowest BCUT2D eigenvalue weighted by atomic mass is 10.1. The molecular weight excluding hydrogens is 264 g/mol. The highest BCUT2D eigenvalue weighted by Crippen LogP contribution is 2.19. The highest BCUT2D eigenvalue weighted by Gasteiger charge is 2.18. The minimum absolute atomic E-state index is 0.130. The van der Waals surface area contributed by atoms with Crippen molar-refractivity contribution in [2.45, 2.75) is 25.0 Å². The van der Waals surface area contributed by atoms with E-state index in [1.165, 1.54) is 6.07 Å². The third kappa shape index (κ3) is 3.15. The molecule has 1 aromatic heterocycles. The van der Waals surface area contributed by atoms with E-state index in [1.54, 1.807) is 18.2 Å². The van der Waals surface area contributed by atoms with Crippen molar-refractivity contribution in [3.05, 3.63) is 47.7 Å². The lowest BCUT2D eigenvalue weighted by Crippen LogP contribution is -2.12. The predicted molar refractivity (Wildman–Crippen MR) is 73.2 cm³/mol. The summed E-state index contributed by atoms with van der Waals surface area (Å²) < 4.78 is 31.8. The maximum Gasteiger partial charge on any atom is 0.295 e. The van der Waals surface area contributed by atoms with E-state index in [1.807, 2.05) is 19.1 Å².